The van der Waals surface area contributed by atoms with Crippen molar-refractivity contribution in [2.75, 3.05) is 4.90 Å². The van der Waals surface area contributed by atoms with E-state index in [0.29, 0.717) is 5.88 Å². The van der Waals surface area contributed by atoms with Crippen LogP contribution in [-0.2, 0) is 10.3 Å². The Bertz CT molecular complexity index is 1020. The smallest absolute Gasteiger partial charge is 0.237 e. The van der Waals surface area contributed by atoms with Gasteiger partial charge in [-0.2, -0.15) is 0 Å². The Hall–Kier alpha value is -3.05. The zero-order valence-corrected chi connectivity index (χ0v) is 16.5. The Labute approximate surface area is 164 Å². The molecule has 4 rings (SSSR count). The van der Waals surface area contributed by atoms with E-state index in [1.165, 1.54) is 0 Å². The van der Waals surface area contributed by atoms with Crippen molar-refractivity contribution in [3.63, 3.8) is 0 Å². The van der Waals surface area contributed by atoms with Gasteiger partial charge in [-0.1, -0.05) is 47.6 Å². The van der Waals surface area contributed by atoms with E-state index in [9.17, 15) is 5.11 Å². The van der Waals surface area contributed by atoms with Crippen LogP contribution in [0.1, 0.15) is 42.5 Å². The number of ether oxygens (including phenoxy) is 1. The van der Waals surface area contributed by atoms with E-state index in [-0.39, 0.29) is 6.23 Å². The average Bonchev–Trinajstić information content (AvgIpc) is 3.28. The van der Waals surface area contributed by atoms with Gasteiger partial charge in [-0.05, 0) is 50.5 Å². The first-order chi connectivity index (χ1) is 13.4. The number of aromatic nitrogens is 1. The summed E-state index contributed by atoms with van der Waals surface area (Å²) in [4.78, 5) is 1.92. The van der Waals surface area contributed by atoms with Gasteiger partial charge >= 0.3 is 0 Å². The van der Waals surface area contributed by atoms with Crippen LogP contribution in [0.5, 0.6) is 0 Å². The largest absolute Gasteiger partial charge is 0.472 e. The second-order valence-electron chi connectivity index (χ2n) is 7.61. The van der Waals surface area contributed by atoms with E-state index in [4.69, 9.17) is 9.26 Å². The van der Waals surface area contributed by atoms with Gasteiger partial charge in [0, 0.05) is 17.3 Å². The number of hydrogen-bond acceptors (Lipinski definition) is 5. The summed E-state index contributed by atoms with van der Waals surface area (Å²) in [6.07, 6.45) is 3.11. The highest BCUT2D eigenvalue weighted by molar-refractivity contribution is 5.69. The van der Waals surface area contributed by atoms with Crippen LogP contribution in [-0.4, -0.2) is 10.3 Å². The van der Waals surface area contributed by atoms with Gasteiger partial charge in [-0.25, -0.2) is 0 Å². The molecule has 0 saturated carbocycles. The molecule has 1 aliphatic heterocycles. The predicted octanol–water partition coefficient (Wildman–Crippen LogP) is 5.19. The summed E-state index contributed by atoms with van der Waals surface area (Å²) in [6.45, 7) is 7.49. The van der Waals surface area contributed by atoms with Crippen LogP contribution in [0, 0.1) is 13.8 Å². The molecule has 1 N–H and O–H groups in total. The fourth-order valence-corrected chi connectivity index (χ4v) is 3.47. The lowest BCUT2D eigenvalue weighted by Gasteiger charge is -2.27. The van der Waals surface area contributed by atoms with Crippen LogP contribution in [0.25, 0.3) is 11.1 Å². The molecule has 2 heterocycles. The van der Waals surface area contributed by atoms with E-state index in [1.807, 2.05) is 73.5 Å². The van der Waals surface area contributed by atoms with Crippen LogP contribution in [0.4, 0.5) is 5.88 Å². The average molecular weight is 376 g/mol. The Morgan fingerprint density at radius 3 is 2.46 bits per heavy atom. The van der Waals surface area contributed by atoms with Gasteiger partial charge in [0.2, 0.25) is 12.1 Å². The maximum atomic E-state index is 10.8. The molecule has 0 saturated heterocycles. The summed E-state index contributed by atoms with van der Waals surface area (Å²) < 4.78 is 11.4. The number of aliphatic hydroxyl groups is 1. The van der Waals surface area contributed by atoms with Crippen molar-refractivity contribution >= 4 is 5.88 Å². The second-order valence-corrected chi connectivity index (χ2v) is 7.61. The van der Waals surface area contributed by atoms with Crippen molar-refractivity contribution in [3.05, 3.63) is 83.4 Å². The molecule has 0 fully saturated rings. The zero-order valence-electron chi connectivity index (χ0n) is 16.5. The molecule has 28 heavy (non-hydrogen) atoms. The number of anilines is 1. The first kappa shape index (κ1) is 18.3. The monoisotopic (exact) mass is 376 g/mol. The standard InChI is InChI=1S/C23H24N2O3/c1-15-16(2)24-28-21(15)25-12-13-27-22(25)18-10-11-19(17-8-6-5-7-9-17)20(14-18)23(3,4)26/h5-14,22,26H,1-4H3. The summed E-state index contributed by atoms with van der Waals surface area (Å²) in [5.74, 6) is 0.660. The minimum atomic E-state index is -1.00. The Morgan fingerprint density at radius 1 is 1.07 bits per heavy atom. The second kappa shape index (κ2) is 6.84. The lowest BCUT2D eigenvalue weighted by atomic mass is 9.88. The van der Waals surface area contributed by atoms with Gasteiger partial charge in [0.05, 0.1) is 11.3 Å². The summed E-state index contributed by atoms with van der Waals surface area (Å²) in [5, 5.41) is 14.9. The highest BCUT2D eigenvalue weighted by Gasteiger charge is 2.31. The van der Waals surface area contributed by atoms with E-state index < -0.39 is 5.60 Å². The van der Waals surface area contributed by atoms with Crippen LogP contribution in [0.2, 0.25) is 0 Å². The SMILES string of the molecule is Cc1noc(N2C=COC2c2ccc(-c3ccccc3)c(C(C)(C)O)c2)c1C. The number of rotatable bonds is 4. The molecule has 5 heteroatoms. The highest BCUT2D eigenvalue weighted by atomic mass is 16.5. The molecule has 0 amide bonds. The minimum Gasteiger partial charge on any atom is -0.472 e. The van der Waals surface area contributed by atoms with Crippen molar-refractivity contribution in [1.82, 2.24) is 5.16 Å². The van der Waals surface area contributed by atoms with Gasteiger partial charge in [-0.15, -0.1) is 0 Å². The first-order valence-corrected chi connectivity index (χ1v) is 9.32. The van der Waals surface area contributed by atoms with E-state index >= 15 is 0 Å². The molecule has 1 unspecified atom stereocenters. The van der Waals surface area contributed by atoms with Gasteiger partial charge in [0.15, 0.2) is 0 Å². The molecule has 2 aromatic carbocycles. The third kappa shape index (κ3) is 3.18. The fraction of sp³-hybridized carbons (Fsp3) is 0.261. The number of nitrogens with zero attached hydrogens (tertiary/aromatic N) is 2. The van der Waals surface area contributed by atoms with Gasteiger partial charge in [-0.3, -0.25) is 4.90 Å². The normalized spacial score (nSPS) is 16.5. The number of benzene rings is 2. The Kier molecular flexibility index (Phi) is 4.47. The van der Waals surface area contributed by atoms with Crippen molar-refractivity contribution < 1.29 is 14.4 Å². The molecular formula is C23H24N2O3. The quantitative estimate of drug-likeness (QED) is 0.679. The molecule has 1 aromatic heterocycles. The molecule has 5 nitrogen and oxygen atoms in total. The first-order valence-electron chi connectivity index (χ1n) is 9.32. The van der Waals surface area contributed by atoms with Crippen molar-refractivity contribution in [2.24, 2.45) is 0 Å². The van der Waals surface area contributed by atoms with Gasteiger partial charge in [0.1, 0.15) is 6.26 Å². The number of aryl methyl sites for hydroxylation is 1. The summed E-state index contributed by atoms with van der Waals surface area (Å²) in [6, 6.07) is 16.1. The summed E-state index contributed by atoms with van der Waals surface area (Å²) in [7, 11) is 0. The molecule has 1 aliphatic rings. The molecule has 0 bridgehead atoms. The van der Waals surface area contributed by atoms with Crippen molar-refractivity contribution in [3.8, 4) is 11.1 Å². The maximum absolute atomic E-state index is 10.8. The third-order valence-electron chi connectivity index (χ3n) is 5.12. The lowest BCUT2D eigenvalue weighted by Crippen LogP contribution is -2.22. The molecule has 0 spiro atoms. The van der Waals surface area contributed by atoms with E-state index in [2.05, 4.69) is 5.16 Å². The van der Waals surface area contributed by atoms with Gasteiger partial charge < -0.3 is 14.4 Å². The Balaban J connectivity index is 1.77. The predicted molar refractivity (Wildman–Crippen MR) is 109 cm³/mol. The summed E-state index contributed by atoms with van der Waals surface area (Å²) >= 11 is 0. The van der Waals surface area contributed by atoms with E-state index in [0.717, 1.165) is 33.5 Å². The molecule has 144 valence electrons. The minimum absolute atomic E-state index is 0.378. The Morgan fingerprint density at radius 2 is 1.82 bits per heavy atom. The van der Waals surface area contributed by atoms with Gasteiger partial charge in [0.25, 0.3) is 0 Å². The van der Waals surface area contributed by atoms with E-state index in [1.54, 1.807) is 20.1 Å². The summed E-state index contributed by atoms with van der Waals surface area (Å²) in [5.41, 5.74) is 4.66. The maximum Gasteiger partial charge on any atom is 0.237 e. The van der Waals surface area contributed by atoms with Crippen LogP contribution >= 0.6 is 0 Å². The third-order valence-corrected chi connectivity index (χ3v) is 5.12. The van der Waals surface area contributed by atoms with Crippen LogP contribution in [0.3, 0.4) is 0 Å². The fourth-order valence-electron chi connectivity index (χ4n) is 3.47. The molecule has 3 aromatic rings. The molecule has 0 aliphatic carbocycles. The van der Waals surface area contributed by atoms with Crippen LogP contribution in [0.15, 0.2) is 65.5 Å². The molecule has 1 atom stereocenters. The van der Waals surface area contributed by atoms with Crippen molar-refractivity contribution in [1.29, 1.82) is 0 Å². The zero-order chi connectivity index (χ0) is 19.9. The van der Waals surface area contributed by atoms with Crippen LogP contribution < -0.4 is 4.90 Å². The van der Waals surface area contributed by atoms with Crippen molar-refractivity contribution in [2.45, 2.75) is 39.5 Å². The highest BCUT2D eigenvalue weighted by Crippen LogP contribution is 2.39. The topological polar surface area (TPSA) is 58.7 Å². The molecular weight excluding hydrogens is 352 g/mol. The molecule has 0 radical (unpaired) electrons. The number of hydrogen-bond donors (Lipinski definition) is 1. The lowest BCUT2D eigenvalue weighted by molar-refractivity contribution is 0.0787.